The minimum absolute atomic E-state index is 0.0616. The Balaban J connectivity index is 2.26. The molecule has 108 valence electrons. The number of imide groups is 1. The van der Waals surface area contributed by atoms with Crippen LogP contribution in [0, 0.1) is 0 Å². The molecule has 1 unspecified atom stereocenters. The number of H-pyrrole nitrogens is 1. The number of hydrogen-bond acceptors (Lipinski definition) is 4. The molecule has 1 aromatic carbocycles. The van der Waals surface area contributed by atoms with E-state index in [0.29, 0.717) is 5.52 Å². The summed E-state index contributed by atoms with van der Waals surface area (Å²) in [5.41, 5.74) is -0.236. The van der Waals surface area contributed by atoms with Gasteiger partial charge in [-0.05, 0) is 12.1 Å². The SMILES string of the molecule is CN1C(=O)CC(n2c(=O)[nH]c3c(C(=O)O)cccc32)C1=O. The van der Waals surface area contributed by atoms with Crippen LogP contribution in [0.5, 0.6) is 0 Å². The fraction of sp³-hybridized carbons (Fsp3) is 0.231. The fourth-order valence-electron chi connectivity index (χ4n) is 2.57. The number of hydrogen-bond donors (Lipinski definition) is 2. The van der Waals surface area contributed by atoms with Gasteiger partial charge in [0, 0.05) is 7.05 Å². The van der Waals surface area contributed by atoms with Crippen LogP contribution in [0.2, 0.25) is 0 Å². The van der Waals surface area contributed by atoms with Gasteiger partial charge in [-0.25, -0.2) is 9.59 Å². The maximum atomic E-state index is 12.1. The number of carbonyl (C=O) groups excluding carboxylic acids is 2. The van der Waals surface area contributed by atoms with E-state index in [2.05, 4.69) is 4.98 Å². The number of aromatic carboxylic acids is 1. The van der Waals surface area contributed by atoms with Crippen LogP contribution in [0.3, 0.4) is 0 Å². The van der Waals surface area contributed by atoms with Gasteiger partial charge >= 0.3 is 11.7 Å². The van der Waals surface area contributed by atoms with Crippen molar-refractivity contribution < 1.29 is 19.5 Å². The lowest BCUT2D eigenvalue weighted by Gasteiger charge is -2.10. The molecule has 3 rings (SSSR count). The minimum Gasteiger partial charge on any atom is -0.478 e. The Morgan fingerprint density at radius 2 is 2.05 bits per heavy atom. The van der Waals surface area contributed by atoms with Crippen molar-refractivity contribution in [3.63, 3.8) is 0 Å². The van der Waals surface area contributed by atoms with E-state index in [1.807, 2.05) is 0 Å². The normalized spacial score (nSPS) is 18.7. The Labute approximate surface area is 117 Å². The van der Waals surface area contributed by atoms with Gasteiger partial charge in [0.05, 0.1) is 23.0 Å². The lowest BCUT2D eigenvalue weighted by Crippen LogP contribution is -2.30. The van der Waals surface area contributed by atoms with Gasteiger partial charge in [0.1, 0.15) is 6.04 Å². The standard InChI is InChI=1S/C13H11N3O5/c1-15-9(17)5-8(11(15)18)16-7-4-2-3-6(12(19)20)10(7)14-13(16)21/h2-4,8H,5H2,1H3,(H,14,21)(H,19,20). The number of nitrogens with one attached hydrogen (secondary N) is 1. The van der Waals surface area contributed by atoms with E-state index >= 15 is 0 Å². The summed E-state index contributed by atoms with van der Waals surface area (Å²) in [6, 6.07) is 3.45. The predicted octanol–water partition coefficient (Wildman–Crippen LogP) is -0.0424. The largest absolute Gasteiger partial charge is 0.478 e. The smallest absolute Gasteiger partial charge is 0.337 e. The Morgan fingerprint density at radius 1 is 1.33 bits per heavy atom. The van der Waals surface area contributed by atoms with Crippen LogP contribution in [0.4, 0.5) is 0 Å². The molecule has 21 heavy (non-hydrogen) atoms. The van der Waals surface area contributed by atoms with Crippen molar-refractivity contribution in [3.8, 4) is 0 Å². The highest BCUT2D eigenvalue weighted by Gasteiger charge is 2.39. The van der Waals surface area contributed by atoms with Crippen molar-refractivity contribution in [1.29, 1.82) is 0 Å². The number of fused-ring (bicyclic) bond motifs is 1. The molecule has 2 N–H and O–H groups in total. The van der Waals surface area contributed by atoms with Crippen LogP contribution >= 0.6 is 0 Å². The van der Waals surface area contributed by atoms with Crippen LogP contribution in [0.15, 0.2) is 23.0 Å². The van der Waals surface area contributed by atoms with Gasteiger partial charge < -0.3 is 10.1 Å². The molecule has 1 aromatic heterocycles. The number of rotatable bonds is 2. The summed E-state index contributed by atoms with van der Waals surface area (Å²) in [7, 11) is 1.35. The van der Waals surface area contributed by atoms with Crippen LogP contribution in [-0.2, 0) is 9.59 Å². The summed E-state index contributed by atoms with van der Waals surface area (Å²) in [6.45, 7) is 0. The summed E-state index contributed by atoms with van der Waals surface area (Å²) >= 11 is 0. The van der Waals surface area contributed by atoms with Crippen molar-refractivity contribution in [1.82, 2.24) is 14.5 Å². The highest BCUT2D eigenvalue weighted by atomic mass is 16.4. The van der Waals surface area contributed by atoms with Gasteiger partial charge in [-0.1, -0.05) is 6.07 Å². The number of aromatic nitrogens is 2. The fourth-order valence-corrected chi connectivity index (χ4v) is 2.57. The second-order valence-corrected chi connectivity index (χ2v) is 4.82. The summed E-state index contributed by atoms with van der Waals surface area (Å²) in [6.07, 6.45) is -0.112. The first-order chi connectivity index (χ1) is 9.91. The number of carbonyl (C=O) groups is 3. The molecule has 2 heterocycles. The van der Waals surface area contributed by atoms with Gasteiger partial charge in [0.2, 0.25) is 5.91 Å². The molecule has 2 amide bonds. The molecule has 0 saturated carbocycles. The topological polar surface area (TPSA) is 112 Å². The van der Waals surface area contributed by atoms with Gasteiger partial charge in [-0.3, -0.25) is 19.1 Å². The number of carboxylic acid groups (broad SMARTS) is 1. The van der Waals surface area contributed by atoms with Crippen LogP contribution in [-0.4, -0.2) is 44.4 Å². The third-order valence-corrected chi connectivity index (χ3v) is 3.65. The van der Waals surface area contributed by atoms with E-state index in [9.17, 15) is 19.2 Å². The molecule has 1 aliphatic rings. The Kier molecular flexibility index (Phi) is 2.68. The number of nitrogens with zero attached hydrogens (tertiary/aromatic N) is 2. The number of likely N-dealkylation sites (N-methyl/N-ethyl adjacent to an activating group) is 1. The second-order valence-electron chi connectivity index (χ2n) is 4.82. The summed E-state index contributed by atoms with van der Waals surface area (Å²) in [5.74, 6) is -2.04. The molecular weight excluding hydrogens is 278 g/mol. The van der Waals surface area contributed by atoms with Crippen molar-refractivity contribution in [2.75, 3.05) is 7.05 Å². The summed E-state index contributed by atoms with van der Waals surface area (Å²) in [5, 5.41) is 9.12. The maximum absolute atomic E-state index is 12.1. The zero-order valence-electron chi connectivity index (χ0n) is 11.0. The minimum atomic E-state index is -1.18. The molecule has 0 aliphatic carbocycles. The first-order valence-electron chi connectivity index (χ1n) is 6.18. The van der Waals surface area contributed by atoms with E-state index in [0.717, 1.165) is 9.47 Å². The molecular formula is C13H11N3O5. The molecule has 1 aliphatic heterocycles. The zero-order valence-corrected chi connectivity index (χ0v) is 11.0. The highest BCUT2D eigenvalue weighted by molar-refractivity contribution is 6.05. The first kappa shape index (κ1) is 13.1. The van der Waals surface area contributed by atoms with Crippen molar-refractivity contribution in [2.45, 2.75) is 12.5 Å². The van der Waals surface area contributed by atoms with Gasteiger partial charge in [-0.2, -0.15) is 0 Å². The maximum Gasteiger partial charge on any atom is 0.337 e. The highest BCUT2D eigenvalue weighted by Crippen LogP contribution is 2.26. The van der Waals surface area contributed by atoms with E-state index in [1.165, 1.54) is 25.2 Å². The lowest BCUT2D eigenvalue weighted by atomic mass is 10.1. The molecule has 2 aromatic rings. The number of amides is 2. The third-order valence-electron chi connectivity index (χ3n) is 3.65. The average molecular weight is 289 g/mol. The summed E-state index contributed by atoms with van der Waals surface area (Å²) < 4.78 is 1.14. The molecule has 1 atom stereocenters. The molecule has 0 bridgehead atoms. The monoisotopic (exact) mass is 289 g/mol. The Bertz CT molecular complexity index is 847. The van der Waals surface area contributed by atoms with Crippen LogP contribution < -0.4 is 5.69 Å². The van der Waals surface area contributed by atoms with Gasteiger partial charge in [0.25, 0.3) is 5.91 Å². The van der Waals surface area contributed by atoms with Gasteiger partial charge in [0.15, 0.2) is 0 Å². The number of para-hydroxylation sites is 1. The van der Waals surface area contributed by atoms with E-state index in [1.54, 1.807) is 0 Å². The van der Waals surface area contributed by atoms with Crippen LogP contribution in [0.1, 0.15) is 22.8 Å². The molecule has 1 saturated heterocycles. The van der Waals surface area contributed by atoms with E-state index in [-0.39, 0.29) is 23.4 Å². The van der Waals surface area contributed by atoms with Gasteiger partial charge in [-0.15, -0.1) is 0 Å². The van der Waals surface area contributed by atoms with Crippen LogP contribution in [0.25, 0.3) is 11.0 Å². The molecule has 8 heteroatoms. The molecule has 0 spiro atoms. The molecule has 1 fully saturated rings. The van der Waals surface area contributed by atoms with E-state index < -0.39 is 23.6 Å². The van der Waals surface area contributed by atoms with Crippen molar-refractivity contribution in [3.05, 3.63) is 34.2 Å². The number of aromatic amines is 1. The number of benzene rings is 1. The first-order valence-corrected chi connectivity index (χ1v) is 6.18. The lowest BCUT2D eigenvalue weighted by molar-refractivity contribution is -0.137. The van der Waals surface area contributed by atoms with Crippen molar-refractivity contribution >= 4 is 28.8 Å². The Morgan fingerprint density at radius 3 is 2.62 bits per heavy atom. The predicted molar refractivity (Wildman–Crippen MR) is 70.9 cm³/mol. The molecule has 0 radical (unpaired) electrons. The number of likely N-dealkylation sites (tertiary alicyclic amines) is 1. The Hall–Kier alpha value is -2.90. The third kappa shape index (κ3) is 1.76. The zero-order chi connectivity index (χ0) is 15.3. The average Bonchev–Trinajstić information content (AvgIpc) is 2.89. The summed E-state index contributed by atoms with van der Waals surface area (Å²) in [4.78, 5) is 50.3. The molecule has 8 nitrogen and oxygen atoms in total. The van der Waals surface area contributed by atoms with E-state index in [4.69, 9.17) is 5.11 Å². The number of imidazole rings is 1. The van der Waals surface area contributed by atoms with Crippen molar-refractivity contribution in [2.24, 2.45) is 0 Å². The quantitative estimate of drug-likeness (QED) is 0.753. The number of carboxylic acids is 1. The second kappa shape index (κ2) is 4.30.